The molecule has 2 N–H and O–H groups in total. The van der Waals surface area contributed by atoms with Crippen molar-refractivity contribution in [3.05, 3.63) is 23.9 Å². The van der Waals surface area contributed by atoms with E-state index in [1.807, 2.05) is 19.9 Å². The van der Waals surface area contributed by atoms with Gasteiger partial charge in [0.05, 0.1) is 0 Å². The van der Waals surface area contributed by atoms with Crippen molar-refractivity contribution in [1.29, 1.82) is 5.26 Å². The summed E-state index contributed by atoms with van der Waals surface area (Å²) in [5.74, 6) is 0.454. The van der Waals surface area contributed by atoms with E-state index in [0.29, 0.717) is 18.2 Å². The summed E-state index contributed by atoms with van der Waals surface area (Å²) in [6.45, 7) is 4.49. The van der Waals surface area contributed by atoms with Crippen molar-refractivity contribution in [3.63, 3.8) is 0 Å². The topological polar surface area (TPSA) is 71.9 Å². The highest BCUT2D eigenvalue weighted by atomic mass is 16.5. The Balaban J connectivity index is 2.64. The van der Waals surface area contributed by atoms with Crippen LogP contribution in [0.4, 0.5) is 0 Å². The predicted octanol–water partition coefficient (Wildman–Crippen LogP) is 1.85. The molecule has 1 heterocycles. The Morgan fingerprint density at radius 1 is 1.44 bits per heavy atom. The summed E-state index contributed by atoms with van der Waals surface area (Å²) in [6, 6.07) is 7.09. The van der Waals surface area contributed by atoms with Gasteiger partial charge in [0.15, 0.2) is 0 Å². The number of hydrogen-bond donors (Lipinski definition) is 1. The Bertz CT molecular complexity index is 380. The molecule has 0 atom stereocenters. The Morgan fingerprint density at radius 3 is 2.69 bits per heavy atom. The van der Waals surface area contributed by atoms with Crippen LogP contribution in [0.15, 0.2) is 18.2 Å². The molecule has 0 radical (unpaired) electrons. The Labute approximate surface area is 96.1 Å². The zero-order valence-electron chi connectivity index (χ0n) is 9.73. The molecule has 4 heteroatoms. The standard InChI is InChI=1S/C12H17N3O/c1-3-12(14,4-2)9-16-11-7-5-6-10(8-13)15-11/h5-7H,3-4,9,14H2,1-2H3. The lowest BCUT2D eigenvalue weighted by Gasteiger charge is -2.26. The van der Waals surface area contributed by atoms with Crippen LogP contribution in [0.1, 0.15) is 32.4 Å². The molecule has 0 aliphatic carbocycles. The Morgan fingerprint density at radius 2 is 2.12 bits per heavy atom. The van der Waals surface area contributed by atoms with Crippen LogP contribution in [0.2, 0.25) is 0 Å². The van der Waals surface area contributed by atoms with Crippen LogP contribution in [-0.4, -0.2) is 17.1 Å². The summed E-state index contributed by atoms with van der Waals surface area (Å²) in [5.41, 5.74) is 6.14. The average molecular weight is 219 g/mol. The molecule has 0 bridgehead atoms. The van der Waals surface area contributed by atoms with Gasteiger partial charge in [-0.15, -0.1) is 0 Å². The highest BCUT2D eigenvalue weighted by Gasteiger charge is 2.21. The van der Waals surface area contributed by atoms with E-state index < -0.39 is 0 Å². The zero-order valence-corrected chi connectivity index (χ0v) is 9.73. The van der Waals surface area contributed by atoms with Crippen LogP contribution in [-0.2, 0) is 0 Å². The van der Waals surface area contributed by atoms with Gasteiger partial charge in [0.1, 0.15) is 18.4 Å². The van der Waals surface area contributed by atoms with Gasteiger partial charge in [0, 0.05) is 11.6 Å². The maximum Gasteiger partial charge on any atom is 0.214 e. The van der Waals surface area contributed by atoms with E-state index in [4.69, 9.17) is 15.7 Å². The zero-order chi connectivity index (χ0) is 12.0. The minimum Gasteiger partial charge on any atom is -0.476 e. The highest BCUT2D eigenvalue weighted by molar-refractivity contribution is 5.24. The molecule has 0 aliphatic heterocycles. The fourth-order valence-corrected chi connectivity index (χ4v) is 1.23. The Kier molecular flexibility index (Phi) is 4.27. The molecule has 1 aromatic heterocycles. The summed E-state index contributed by atoms with van der Waals surface area (Å²) >= 11 is 0. The summed E-state index contributed by atoms with van der Waals surface area (Å²) in [4.78, 5) is 4.02. The fourth-order valence-electron chi connectivity index (χ4n) is 1.23. The van der Waals surface area contributed by atoms with Crippen LogP contribution in [0.3, 0.4) is 0 Å². The largest absolute Gasteiger partial charge is 0.476 e. The van der Waals surface area contributed by atoms with E-state index in [2.05, 4.69) is 4.98 Å². The van der Waals surface area contributed by atoms with Gasteiger partial charge in [0.2, 0.25) is 5.88 Å². The van der Waals surface area contributed by atoms with E-state index in [-0.39, 0.29) is 5.54 Å². The van der Waals surface area contributed by atoms with Gasteiger partial charge in [0.25, 0.3) is 0 Å². The van der Waals surface area contributed by atoms with Crippen LogP contribution >= 0.6 is 0 Å². The molecule has 0 fully saturated rings. The minimum absolute atomic E-state index is 0.315. The summed E-state index contributed by atoms with van der Waals surface area (Å²) in [7, 11) is 0. The minimum atomic E-state index is -0.315. The lowest BCUT2D eigenvalue weighted by Crippen LogP contribution is -2.44. The number of pyridine rings is 1. The maximum absolute atomic E-state index is 8.69. The molecule has 86 valence electrons. The van der Waals surface area contributed by atoms with Gasteiger partial charge in [-0.1, -0.05) is 19.9 Å². The second-order valence-corrected chi connectivity index (χ2v) is 3.83. The number of nitrogens with two attached hydrogens (primary N) is 1. The number of aromatic nitrogens is 1. The molecule has 0 saturated heterocycles. The number of rotatable bonds is 5. The molecular formula is C12H17N3O. The molecule has 0 aliphatic rings. The van der Waals surface area contributed by atoms with Crippen molar-refractivity contribution in [2.24, 2.45) is 5.73 Å². The maximum atomic E-state index is 8.69. The average Bonchev–Trinajstić information content (AvgIpc) is 2.36. The number of ether oxygens (including phenoxy) is 1. The van der Waals surface area contributed by atoms with Crippen LogP contribution < -0.4 is 10.5 Å². The molecule has 0 unspecified atom stereocenters. The normalized spacial score (nSPS) is 10.9. The summed E-state index contributed by atoms with van der Waals surface area (Å²) in [5, 5.41) is 8.69. The van der Waals surface area contributed by atoms with Crippen LogP contribution in [0.25, 0.3) is 0 Å². The van der Waals surface area contributed by atoms with Gasteiger partial charge in [-0.25, -0.2) is 4.98 Å². The quantitative estimate of drug-likeness (QED) is 0.820. The van der Waals surface area contributed by atoms with Crippen LogP contribution in [0.5, 0.6) is 5.88 Å². The summed E-state index contributed by atoms with van der Waals surface area (Å²) in [6.07, 6.45) is 1.70. The van der Waals surface area contributed by atoms with Gasteiger partial charge >= 0.3 is 0 Å². The fraction of sp³-hybridized carbons (Fsp3) is 0.500. The van der Waals surface area contributed by atoms with Crippen molar-refractivity contribution in [3.8, 4) is 11.9 Å². The van der Waals surface area contributed by atoms with E-state index in [0.717, 1.165) is 12.8 Å². The second-order valence-electron chi connectivity index (χ2n) is 3.83. The molecule has 0 amide bonds. The third kappa shape index (κ3) is 3.21. The molecule has 0 spiro atoms. The first kappa shape index (κ1) is 12.5. The highest BCUT2D eigenvalue weighted by Crippen LogP contribution is 2.14. The van der Waals surface area contributed by atoms with Gasteiger partial charge in [-0.05, 0) is 18.9 Å². The SMILES string of the molecule is CCC(N)(CC)COc1cccc(C#N)n1. The van der Waals surface area contributed by atoms with Crippen molar-refractivity contribution in [2.75, 3.05) is 6.61 Å². The first-order chi connectivity index (χ1) is 7.63. The van der Waals surface area contributed by atoms with Crippen molar-refractivity contribution in [1.82, 2.24) is 4.98 Å². The predicted molar refractivity (Wildman–Crippen MR) is 61.9 cm³/mol. The molecule has 1 rings (SSSR count). The third-order valence-electron chi connectivity index (χ3n) is 2.75. The summed E-state index contributed by atoms with van der Waals surface area (Å²) < 4.78 is 5.51. The van der Waals surface area contributed by atoms with Gasteiger partial charge < -0.3 is 10.5 Å². The van der Waals surface area contributed by atoms with E-state index >= 15 is 0 Å². The molecule has 16 heavy (non-hydrogen) atoms. The smallest absolute Gasteiger partial charge is 0.214 e. The monoisotopic (exact) mass is 219 g/mol. The van der Waals surface area contributed by atoms with E-state index in [1.54, 1.807) is 18.2 Å². The molecule has 4 nitrogen and oxygen atoms in total. The lowest BCUT2D eigenvalue weighted by molar-refractivity contribution is 0.200. The third-order valence-corrected chi connectivity index (χ3v) is 2.75. The van der Waals surface area contributed by atoms with Crippen molar-refractivity contribution in [2.45, 2.75) is 32.2 Å². The van der Waals surface area contributed by atoms with E-state index in [1.165, 1.54) is 0 Å². The molecule has 0 aromatic carbocycles. The van der Waals surface area contributed by atoms with Gasteiger partial charge in [-0.3, -0.25) is 0 Å². The van der Waals surface area contributed by atoms with Crippen molar-refractivity contribution < 1.29 is 4.74 Å². The van der Waals surface area contributed by atoms with Crippen molar-refractivity contribution >= 4 is 0 Å². The first-order valence-electron chi connectivity index (χ1n) is 5.42. The van der Waals surface area contributed by atoms with Crippen LogP contribution in [0, 0.1) is 11.3 Å². The number of nitriles is 1. The number of hydrogen-bond acceptors (Lipinski definition) is 4. The van der Waals surface area contributed by atoms with Gasteiger partial charge in [-0.2, -0.15) is 5.26 Å². The second kappa shape index (κ2) is 5.47. The molecule has 1 aromatic rings. The number of nitrogens with zero attached hydrogens (tertiary/aromatic N) is 2. The molecular weight excluding hydrogens is 202 g/mol. The molecule has 0 saturated carbocycles. The Hall–Kier alpha value is -1.60. The first-order valence-corrected chi connectivity index (χ1v) is 5.42. The lowest BCUT2D eigenvalue weighted by atomic mass is 9.96. The van der Waals surface area contributed by atoms with E-state index in [9.17, 15) is 0 Å².